The predicted molar refractivity (Wildman–Crippen MR) is 137 cm³/mol. The molecule has 3 aromatic rings. The number of esters is 1. The molecule has 0 aliphatic rings. The number of ether oxygens (including phenoxy) is 2. The fraction of sp³-hybridized carbons (Fsp3) is 0.333. The van der Waals surface area contributed by atoms with Gasteiger partial charge in [0.05, 0.1) is 29.7 Å². The molecule has 2 aromatic carbocycles. The molecule has 10 heteroatoms. The molecule has 0 radical (unpaired) electrons. The van der Waals surface area contributed by atoms with Gasteiger partial charge in [0.2, 0.25) is 0 Å². The van der Waals surface area contributed by atoms with Crippen LogP contribution in [-0.2, 0) is 25.1 Å². The number of aromatic carboxylic acids is 1. The zero-order valence-electron chi connectivity index (χ0n) is 21.2. The largest absolute Gasteiger partial charge is 0.490 e. The highest BCUT2D eigenvalue weighted by Gasteiger charge is 2.26. The second kappa shape index (κ2) is 11.6. The summed E-state index contributed by atoms with van der Waals surface area (Å²) in [4.78, 5) is 24.5. The molecule has 1 unspecified atom stereocenters. The summed E-state index contributed by atoms with van der Waals surface area (Å²) in [5.41, 5.74) is 0.232. The zero-order valence-corrected chi connectivity index (χ0v) is 22.0. The summed E-state index contributed by atoms with van der Waals surface area (Å²) in [5, 5.41) is 13.1. The molecule has 0 aliphatic heterocycles. The minimum Gasteiger partial charge on any atom is -0.490 e. The lowest BCUT2D eigenvalue weighted by Crippen LogP contribution is -2.38. The van der Waals surface area contributed by atoms with E-state index in [-0.39, 0.29) is 41.0 Å². The number of nitrogens with one attached hydrogen (secondary N) is 1. The van der Waals surface area contributed by atoms with Gasteiger partial charge in [0.1, 0.15) is 23.5 Å². The van der Waals surface area contributed by atoms with Crippen LogP contribution in [0.3, 0.4) is 0 Å². The molecule has 0 saturated heterocycles. The Balaban J connectivity index is 1.90. The molecule has 0 amide bonds. The van der Waals surface area contributed by atoms with Gasteiger partial charge < -0.3 is 24.3 Å². The molecule has 1 atom stereocenters. The van der Waals surface area contributed by atoms with Gasteiger partial charge in [-0.15, -0.1) is 0 Å². The van der Waals surface area contributed by atoms with Crippen molar-refractivity contribution in [3.05, 3.63) is 72.2 Å². The first-order valence-corrected chi connectivity index (χ1v) is 13.3. The summed E-state index contributed by atoms with van der Waals surface area (Å²) in [5.74, 6) is -2.26. The number of benzene rings is 2. The highest BCUT2D eigenvalue weighted by Crippen LogP contribution is 2.37. The number of hydrogen-bond acceptors (Lipinski definition) is 8. The summed E-state index contributed by atoms with van der Waals surface area (Å²) in [6.45, 7) is 7.03. The van der Waals surface area contributed by atoms with Gasteiger partial charge in [-0.25, -0.2) is 13.2 Å². The van der Waals surface area contributed by atoms with E-state index in [0.29, 0.717) is 11.1 Å². The lowest BCUT2D eigenvalue weighted by molar-refractivity contribution is -0.153. The summed E-state index contributed by atoms with van der Waals surface area (Å²) in [6, 6.07) is 12.2. The van der Waals surface area contributed by atoms with Crippen LogP contribution >= 0.6 is 0 Å². The Kier molecular flexibility index (Phi) is 8.77. The van der Waals surface area contributed by atoms with Crippen molar-refractivity contribution in [1.82, 2.24) is 5.32 Å². The number of carboxylic acids is 1. The molecule has 1 aromatic heterocycles. The maximum absolute atomic E-state index is 13.0. The highest BCUT2D eigenvalue weighted by molar-refractivity contribution is 7.90. The summed E-state index contributed by atoms with van der Waals surface area (Å²) >= 11 is 0. The van der Waals surface area contributed by atoms with Crippen molar-refractivity contribution < 1.29 is 37.0 Å². The van der Waals surface area contributed by atoms with Crippen LogP contribution in [0, 0.1) is 0 Å². The van der Waals surface area contributed by atoms with Crippen LogP contribution in [0.25, 0.3) is 11.1 Å². The Morgan fingerprint density at radius 3 is 2.38 bits per heavy atom. The highest BCUT2D eigenvalue weighted by atomic mass is 32.2. The Morgan fingerprint density at radius 1 is 1.08 bits per heavy atom. The summed E-state index contributed by atoms with van der Waals surface area (Å²) in [7, 11) is -3.82. The fourth-order valence-corrected chi connectivity index (χ4v) is 4.98. The van der Waals surface area contributed by atoms with Crippen LogP contribution in [0.5, 0.6) is 5.75 Å². The second-order valence-corrected chi connectivity index (χ2v) is 11.5. The van der Waals surface area contributed by atoms with Crippen LogP contribution in [0.4, 0.5) is 0 Å². The quantitative estimate of drug-likeness (QED) is 0.349. The van der Waals surface area contributed by atoms with Gasteiger partial charge in [-0.1, -0.05) is 30.3 Å². The molecule has 0 saturated carbocycles. The molecule has 0 bridgehead atoms. The van der Waals surface area contributed by atoms with E-state index in [2.05, 4.69) is 5.32 Å². The van der Waals surface area contributed by atoms with E-state index >= 15 is 0 Å². The molecular weight excluding hydrogens is 498 g/mol. The third kappa shape index (κ3) is 7.68. The summed E-state index contributed by atoms with van der Waals surface area (Å²) < 4.78 is 42.4. The predicted octanol–water partition coefficient (Wildman–Crippen LogP) is 4.32. The molecule has 198 valence electrons. The van der Waals surface area contributed by atoms with Crippen LogP contribution in [0.1, 0.15) is 43.6 Å². The van der Waals surface area contributed by atoms with E-state index in [9.17, 15) is 23.1 Å². The van der Waals surface area contributed by atoms with E-state index in [4.69, 9.17) is 13.9 Å². The van der Waals surface area contributed by atoms with E-state index in [1.54, 1.807) is 58.0 Å². The number of carbonyl (C=O) groups is 2. The number of furan rings is 1. The SMILES string of the molecule is CC(COc1c(-c2ccoc2)ccc(CS(=O)(=O)c2ccccc2)c1C(=O)O)NCC(=O)OC(C)(C)C. The fourth-order valence-electron chi connectivity index (χ4n) is 3.59. The van der Waals surface area contributed by atoms with Gasteiger partial charge >= 0.3 is 11.9 Å². The Labute approximate surface area is 216 Å². The Hall–Kier alpha value is -3.63. The third-order valence-corrected chi connectivity index (χ3v) is 6.91. The minimum absolute atomic E-state index is 0.00280. The number of rotatable bonds is 11. The molecule has 1 heterocycles. The maximum atomic E-state index is 13.0. The average Bonchev–Trinajstić information content (AvgIpc) is 3.35. The first kappa shape index (κ1) is 27.9. The van der Waals surface area contributed by atoms with Crippen LogP contribution in [-0.4, -0.2) is 50.3 Å². The van der Waals surface area contributed by atoms with Crippen molar-refractivity contribution in [3.8, 4) is 16.9 Å². The number of hydrogen-bond donors (Lipinski definition) is 2. The van der Waals surface area contributed by atoms with E-state index in [1.165, 1.54) is 30.7 Å². The molecule has 0 spiro atoms. The molecule has 3 rings (SSSR count). The second-order valence-electron chi connectivity index (χ2n) is 9.55. The molecule has 0 fully saturated rings. The van der Waals surface area contributed by atoms with Crippen molar-refractivity contribution in [1.29, 1.82) is 0 Å². The lowest BCUT2D eigenvalue weighted by Gasteiger charge is -2.22. The van der Waals surface area contributed by atoms with Crippen molar-refractivity contribution in [2.24, 2.45) is 0 Å². The van der Waals surface area contributed by atoms with Crippen LogP contribution in [0.15, 0.2) is 70.4 Å². The van der Waals surface area contributed by atoms with Gasteiger partial charge in [-0.2, -0.15) is 0 Å². The van der Waals surface area contributed by atoms with Gasteiger partial charge in [-0.05, 0) is 51.5 Å². The molecule has 2 N–H and O–H groups in total. The molecule has 9 nitrogen and oxygen atoms in total. The van der Waals surface area contributed by atoms with E-state index < -0.39 is 33.1 Å². The molecule has 37 heavy (non-hydrogen) atoms. The van der Waals surface area contributed by atoms with Gasteiger partial charge in [0.25, 0.3) is 0 Å². The number of sulfone groups is 1. The lowest BCUT2D eigenvalue weighted by atomic mass is 9.99. The number of carbonyl (C=O) groups excluding carboxylic acids is 1. The van der Waals surface area contributed by atoms with Crippen molar-refractivity contribution in [2.45, 2.75) is 50.0 Å². The average molecular weight is 530 g/mol. The minimum atomic E-state index is -3.82. The maximum Gasteiger partial charge on any atom is 0.339 e. The van der Waals surface area contributed by atoms with Crippen LogP contribution < -0.4 is 10.1 Å². The first-order chi connectivity index (χ1) is 17.4. The Morgan fingerprint density at radius 2 is 1.78 bits per heavy atom. The van der Waals surface area contributed by atoms with Crippen molar-refractivity contribution in [3.63, 3.8) is 0 Å². The van der Waals surface area contributed by atoms with Gasteiger partial charge in [0.15, 0.2) is 9.84 Å². The third-order valence-electron chi connectivity index (χ3n) is 5.23. The summed E-state index contributed by atoms with van der Waals surface area (Å²) in [6.07, 6.45) is 2.89. The Bertz CT molecular complexity index is 1330. The van der Waals surface area contributed by atoms with Crippen molar-refractivity contribution >= 4 is 21.8 Å². The van der Waals surface area contributed by atoms with Crippen LogP contribution in [0.2, 0.25) is 0 Å². The smallest absolute Gasteiger partial charge is 0.339 e. The zero-order chi connectivity index (χ0) is 27.2. The molecule has 0 aliphatic carbocycles. The molecular formula is C27H31NO8S. The van der Waals surface area contributed by atoms with Gasteiger partial charge in [0, 0.05) is 17.2 Å². The normalized spacial score (nSPS) is 12.6. The first-order valence-electron chi connectivity index (χ1n) is 11.6. The number of carboxylic acid groups (broad SMARTS) is 1. The topological polar surface area (TPSA) is 132 Å². The van der Waals surface area contributed by atoms with Gasteiger partial charge in [-0.3, -0.25) is 4.79 Å². The standard InChI is InChI=1S/C27H31NO8S/c1-18(28-14-23(29)36-27(2,3)4)15-35-25-22(19-12-13-34-16-19)11-10-20(24(25)26(30)31)17-37(32,33)21-8-6-5-7-9-21/h5-13,16,18,28H,14-15,17H2,1-4H3,(H,30,31). The van der Waals surface area contributed by atoms with Crippen molar-refractivity contribution in [2.75, 3.05) is 13.2 Å². The van der Waals surface area contributed by atoms with E-state index in [0.717, 1.165) is 0 Å². The van der Waals surface area contributed by atoms with E-state index in [1.807, 2.05) is 0 Å². The monoisotopic (exact) mass is 529 g/mol.